The van der Waals surface area contributed by atoms with Gasteiger partial charge in [0.05, 0.1) is 0 Å². The van der Waals surface area contributed by atoms with Crippen molar-refractivity contribution >= 4 is 0 Å². The first-order valence-corrected chi connectivity index (χ1v) is 6.79. The highest BCUT2D eigenvalue weighted by molar-refractivity contribution is 4.82. The van der Waals surface area contributed by atoms with Gasteiger partial charge in [0.2, 0.25) is 0 Å². The van der Waals surface area contributed by atoms with E-state index < -0.39 is 0 Å². The second kappa shape index (κ2) is 8.03. The number of piperazine rings is 1. The zero-order valence-corrected chi connectivity index (χ0v) is 11.9. The van der Waals surface area contributed by atoms with Gasteiger partial charge in [-0.3, -0.25) is 9.80 Å². The molecule has 1 heterocycles. The molecular formula is C13H29N3O. The summed E-state index contributed by atoms with van der Waals surface area (Å²) in [4.78, 5) is 5.04. The van der Waals surface area contributed by atoms with E-state index in [4.69, 9.17) is 4.74 Å². The molecule has 0 aromatic heterocycles. The van der Waals surface area contributed by atoms with E-state index in [0.717, 1.165) is 32.7 Å². The molecule has 0 radical (unpaired) electrons. The fraction of sp³-hybridized carbons (Fsp3) is 1.00. The summed E-state index contributed by atoms with van der Waals surface area (Å²) in [6.07, 6.45) is 1.10. The van der Waals surface area contributed by atoms with Gasteiger partial charge >= 0.3 is 0 Å². The van der Waals surface area contributed by atoms with E-state index >= 15 is 0 Å². The molecule has 1 aliphatic heterocycles. The minimum atomic E-state index is 0.673. The van der Waals surface area contributed by atoms with Crippen molar-refractivity contribution in [3.8, 4) is 0 Å². The van der Waals surface area contributed by atoms with Crippen LogP contribution in [-0.4, -0.2) is 75.4 Å². The van der Waals surface area contributed by atoms with Crippen LogP contribution in [0.1, 0.15) is 20.3 Å². The van der Waals surface area contributed by atoms with E-state index in [9.17, 15) is 0 Å². The Bertz CT molecular complexity index is 189. The van der Waals surface area contributed by atoms with Crippen molar-refractivity contribution in [3.63, 3.8) is 0 Å². The van der Waals surface area contributed by atoms with Crippen LogP contribution < -0.4 is 5.32 Å². The van der Waals surface area contributed by atoms with E-state index in [0.29, 0.717) is 12.1 Å². The van der Waals surface area contributed by atoms with Crippen molar-refractivity contribution in [2.75, 3.05) is 53.5 Å². The second-order valence-corrected chi connectivity index (χ2v) is 5.22. The summed E-state index contributed by atoms with van der Waals surface area (Å²) in [6, 6.07) is 1.35. The maximum atomic E-state index is 5.02. The van der Waals surface area contributed by atoms with E-state index in [1.807, 2.05) is 0 Å². The molecule has 4 nitrogen and oxygen atoms in total. The van der Waals surface area contributed by atoms with Crippen molar-refractivity contribution in [3.05, 3.63) is 0 Å². The Morgan fingerprint density at radius 1 is 1.18 bits per heavy atom. The highest BCUT2D eigenvalue weighted by Crippen LogP contribution is 2.12. The van der Waals surface area contributed by atoms with E-state index in [-0.39, 0.29) is 0 Å². The van der Waals surface area contributed by atoms with Crippen molar-refractivity contribution in [2.24, 2.45) is 0 Å². The smallest absolute Gasteiger partial charge is 0.0474 e. The maximum absolute atomic E-state index is 5.02. The van der Waals surface area contributed by atoms with Crippen LogP contribution in [-0.2, 0) is 4.74 Å². The van der Waals surface area contributed by atoms with Gasteiger partial charge in [0.25, 0.3) is 0 Å². The molecule has 2 unspecified atom stereocenters. The average Bonchev–Trinajstić information content (AvgIpc) is 2.30. The van der Waals surface area contributed by atoms with Crippen molar-refractivity contribution in [1.29, 1.82) is 0 Å². The van der Waals surface area contributed by atoms with Crippen LogP contribution >= 0.6 is 0 Å². The summed E-state index contributed by atoms with van der Waals surface area (Å²) in [5.74, 6) is 0. The van der Waals surface area contributed by atoms with Gasteiger partial charge in [-0.25, -0.2) is 0 Å². The van der Waals surface area contributed by atoms with Crippen LogP contribution in [0.2, 0.25) is 0 Å². The van der Waals surface area contributed by atoms with Crippen LogP contribution in [0.4, 0.5) is 0 Å². The molecule has 0 saturated carbocycles. The quantitative estimate of drug-likeness (QED) is 0.664. The lowest BCUT2D eigenvalue weighted by Gasteiger charge is -2.42. The van der Waals surface area contributed by atoms with Crippen molar-refractivity contribution < 1.29 is 4.74 Å². The monoisotopic (exact) mass is 243 g/mol. The van der Waals surface area contributed by atoms with Gasteiger partial charge in [0.15, 0.2) is 0 Å². The van der Waals surface area contributed by atoms with Crippen LogP contribution in [0.5, 0.6) is 0 Å². The van der Waals surface area contributed by atoms with Crippen molar-refractivity contribution in [1.82, 2.24) is 15.1 Å². The maximum Gasteiger partial charge on any atom is 0.0474 e. The van der Waals surface area contributed by atoms with Gasteiger partial charge < -0.3 is 10.1 Å². The Kier molecular flexibility index (Phi) is 7.04. The third-order valence-electron chi connectivity index (χ3n) is 3.74. The van der Waals surface area contributed by atoms with Gasteiger partial charge in [-0.05, 0) is 33.9 Å². The predicted molar refractivity (Wildman–Crippen MR) is 72.5 cm³/mol. The van der Waals surface area contributed by atoms with Crippen molar-refractivity contribution in [2.45, 2.75) is 32.4 Å². The first-order chi connectivity index (χ1) is 8.15. The Labute approximate surface area is 106 Å². The van der Waals surface area contributed by atoms with Gasteiger partial charge in [-0.1, -0.05) is 0 Å². The van der Waals surface area contributed by atoms with Gasteiger partial charge in [-0.15, -0.1) is 0 Å². The van der Waals surface area contributed by atoms with E-state index in [2.05, 4.69) is 36.0 Å². The summed E-state index contributed by atoms with van der Waals surface area (Å²) in [7, 11) is 3.99. The minimum absolute atomic E-state index is 0.673. The summed E-state index contributed by atoms with van der Waals surface area (Å²) in [5.41, 5.74) is 0. The summed E-state index contributed by atoms with van der Waals surface area (Å²) in [5, 5.41) is 3.47. The largest absolute Gasteiger partial charge is 0.385 e. The number of hydrogen-bond acceptors (Lipinski definition) is 4. The Hall–Kier alpha value is -0.160. The molecule has 1 aliphatic rings. The fourth-order valence-electron chi connectivity index (χ4n) is 2.40. The van der Waals surface area contributed by atoms with E-state index in [1.165, 1.54) is 13.1 Å². The molecule has 1 fully saturated rings. The minimum Gasteiger partial charge on any atom is -0.385 e. The summed E-state index contributed by atoms with van der Waals surface area (Å²) >= 11 is 0. The molecule has 102 valence electrons. The summed E-state index contributed by atoms with van der Waals surface area (Å²) < 4.78 is 5.02. The lowest BCUT2D eigenvalue weighted by atomic mass is 10.1. The standard InChI is InChI=1S/C13H29N3O/c1-12-10-16(11-13(2)15(12)3)8-7-14-6-5-9-17-4/h12-14H,5-11H2,1-4H3. The van der Waals surface area contributed by atoms with Crippen LogP contribution in [0.3, 0.4) is 0 Å². The lowest BCUT2D eigenvalue weighted by molar-refractivity contribution is 0.0607. The molecule has 0 aromatic carbocycles. The third-order valence-corrected chi connectivity index (χ3v) is 3.74. The van der Waals surface area contributed by atoms with Crippen LogP contribution in [0.15, 0.2) is 0 Å². The molecule has 2 atom stereocenters. The molecule has 1 saturated heterocycles. The number of rotatable bonds is 7. The number of likely N-dealkylation sites (N-methyl/N-ethyl adjacent to an activating group) is 1. The molecule has 0 bridgehead atoms. The molecule has 1 rings (SSSR count). The zero-order valence-electron chi connectivity index (χ0n) is 11.9. The molecular weight excluding hydrogens is 214 g/mol. The number of ether oxygens (including phenoxy) is 1. The van der Waals surface area contributed by atoms with E-state index in [1.54, 1.807) is 7.11 Å². The Morgan fingerprint density at radius 2 is 1.82 bits per heavy atom. The molecule has 0 spiro atoms. The van der Waals surface area contributed by atoms with Gasteiger partial charge in [0, 0.05) is 52.0 Å². The molecule has 4 heteroatoms. The van der Waals surface area contributed by atoms with Gasteiger partial charge in [-0.2, -0.15) is 0 Å². The SMILES string of the molecule is COCCCNCCN1CC(C)N(C)C(C)C1. The number of nitrogens with zero attached hydrogens (tertiary/aromatic N) is 2. The molecule has 0 amide bonds. The number of methoxy groups -OCH3 is 1. The second-order valence-electron chi connectivity index (χ2n) is 5.22. The van der Waals surface area contributed by atoms with Crippen LogP contribution in [0, 0.1) is 0 Å². The lowest BCUT2D eigenvalue weighted by Crippen LogP contribution is -2.55. The third kappa shape index (κ3) is 5.34. The average molecular weight is 243 g/mol. The molecule has 1 N–H and O–H groups in total. The highest BCUT2D eigenvalue weighted by atomic mass is 16.5. The Balaban J connectivity index is 2.07. The first-order valence-electron chi connectivity index (χ1n) is 6.79. The number of nitrogens with one attached hydrogen (secondary N) is 1. The fourth-order valence-corrected chi connectivity index (χ4v) is 2.40. The topological polar surface area (TPSA) is 27.7 Å². The zero-order chi connectivity index (χ0) is 12.7. The van der Waals surface area contributed by atoms with Gasteiger partial charge in [0.1, 0.15) is 0 Å². The highest BCUT2D eigenvalue weighted by Gasteiger charge is 2.25. The summed E-state index contributed by atoms with van der Waals surface area (Å²) in [6.45, 7) is 11.2. The molecule has 17 heavy (non-hydrogen) atoms. The normalized spacial score (nSPS) is 27.5. The number of hydrogen-bond donors (Lipinski definition) is 1. The molecule has 0 aromatic rings. The predicted octanol–water partition coefficient (Wildman–Crippen LogP) is 0.637. The Morgan fingerprint density at radius 3 is 2.41 bits per heavy atom. The van der Waals surface area contributed by atoms with Crippen LogP contribution in [0.25, 0.3) is 0 Å². The molecule has 0 aliphatic carbocycles. The first kappa shape index (κ1) is 14.9.